The fourth-order valence-corrected chi connectivity index (χ4v) is 3.49. The molecule has 0 aromatic carbocycles. The number of fused-ring (bicyclic) bond motifs is 1. The van der Waals surface area contributed by atoms with Gasteiger partial charge in [0.05, 0.1) is 10.2 Å². The number of nitrogens with zero attached hydrogens (tertiary/aromatic N) is 4. The molecule has 0 spiro atoms. The second-order valence-corrected chi connectivity index (χ2v) is 6.01. The molecule has 5 nitrogen and oxygen atoms in total. The molecule has 1 aliphatic rings. The number of aromatic nitrogens is 2. The summed E-state index contributed by atoms with van der Waals surface area (Å²) in [5.74, 6) is 1.08. The quantitative estimate of drug-likeness (QED) is 0.848. The van der Waals surface area contributed by atoms with Gasteiger partial charge in [-0.15, -0.1) is 11.3 Å². The highest BCUT2D eigenvalue weighted by atomic mass is 32.1. The van der Waals surface area contributed by atoms with E-state index in [2.05, 4.69) is 31.2 Å². The van der Waals surface area contributed by atoms with Crippen molar-refractivity contribution >= 4 is 27.4 Å². The van der Waals surface area contributed by atoms with Gasteiger partial charge in [0.1, 0.15) is 12.1 Å². The molecule has 3 heterocycles. The first-order valence-electron chi connectivity index (χ1n) is 7.15. The topological polar surface area (TPSA) is 52.5 Å². The van der Waals surface area contributed by atoms with Crippen LogP contribution >= 0.6 is 11.3 Å². The van der Waals surface area contributed by atoms with Crippen LogP contribution in [0.2, 0.25) is 0 Å². The lowest BCUT2D eigenvalue weighted by molar-refractivity contribution is 0.232. The number of piperazine rings is 1. The molecule has 20 heavy (non-hydrogen) atoms. The molecule has 0 aliphatic carbocycles. The average molecular weight is 292 g/mol. The standard InChI is InChI=1S/C14H20N4OS/c19-9-2-1-4-17-5-7-18(8-6-17)14-13-12(3-10-20-13)15-11-16-14/h3,10-11,19H,1-2,4-9H2. The van der Waals surface area contributed by atoms with Crippen LogP contribution in [0.4, 0.5) is 5.82 Å². The summed E-state index contributed by atoms with van der Waals surface area (Å²) in [6.07, 6.45) is 3.65. The van der Waals surface area contributed by atoms with Crippen molar-refractivity contribution in [2.75, 3.05) is 44.2 Å². The Morgan fingerprint density at radius 2 is 2.00 bits per heavy atom. The first kappa shape index (κ1) is 13.7. The zero-order valence-electron chi connectivity index (χ0n) is 11.5. The van der Waals surface area contributed by atoms with Crippen molar-refractivity contribution in [1.82, 2.24) is 14.9 Å². The van der Waals surface area contributed by atoms with E-state index in [0.717, 1.165) is 56.9 Å². The summed E-state index contributed by atoms with van der Waals surface area (Å²) in [6, 6.07) is 2.05. The molecule has 2 aromatic rings. The maximum absolute atomic E-state index is 8.83. The van der Waals surface area contributed by atoms with Gasteiger partial charge in [0.2, 0.25) is 0 Å². The first-order chi connectivity index (χ1) is 9.88. The number of aliphatic hydroxyl groups excluding tert-OH is 1. The Bertz CT molecular complexity index is 551. The molecule has 1 fully saturated rings. The summed E-state index contributed by atoms with van der Waals surface area (Å²) in [7, 11) is 0. The molecule has 0 unspecified atom stereocenters. The van der Waals surface area contributed by atoms with Crippen LogP contribution in [0.5, 0.6) is 0 Å². The SMILES string of the molecule is OCCCCN1CCN(c2ncnc3ccsc23)CC1. The maximum Gasteiger partial charge on any atom is 0.150 e. The molecule has 0 saturated carbocycles. The Morgan fingerprint density at radius 3 is 2.80 bits per heavy atom. The molecule has 0 amide bonds. The van der Waals surface area contributed by atoms with Gasteiger partial charge in [-0.25, -0.2) is 9.97 Å². The lowest BCUT2D eigenvalue weighted by Gasteiger charge is -2.35. The number of aliphatic hydroxyl groups is 1. The van der Waals surface area contributed by atoms with E-state index in [0.29, 0.717) is 6.61 Å². The smallest absolute Gasteiger partial charge is 0.150 e. The number of hydrogen-bond donors (Lipinski definition) is 1. The van der Waals surface area contributed by atoms with Crippen LogP contribution in [0.1, 0.15) is 12.8 Å². The third-order valence-electron chi connectivity index (χ3n) is 3.78. The number of anilines is 1. The Kier molecular flexibility index (Phi) is 4.44. The van der Waals surface area contributed by atoms with Gasteiger partial charge in [-0.05, 0) is 30.8 Å². The van der Waals surface area contributed by atoms with Crippen LogP contribution in [0.15, 0.2) is 17.8 Å². The van der Waals surface area contributed by atoms with Gasteiger partial charge < -0.3 is 10.0 Å². The van der Waals surface area contributed by atoms with Gasteiger partial charge in [0.15, 0.2) is 0 Å². The van der Waals surface area contributed by atoms with E-state index in [4.69, 9.17) is 5.11 Å². The van der Waals surface area contributed by atoms with Gasteiger partial charge in [0.25, 0.3) is 0 Å². The van der Waals surface area contributed by atoms with Crippen LogP contribution < -0.4 is 4.90 Å². The summed E-state index contributed by atoms with van der Waals surface area (Å²) in [5.41, 5.74) is 1.05. The van der Waals surface area contributed by atoms with Crippen LogP contribution in [-0.4, -0.2) is 59.3 Å². The van der Waals surface area contributed by atoms with Gasteiger partial charge in [-0.2, -0.15) is 0 Å². The van der Waals surface area contributed by atoms with Crippen LogP contribution in [0, 0.1) is 0 Å². The average Bonchev–Trinajstić information content (AvgIpc) is 2.97. The third-order valence-corrected chi connectivity index (χ3v) is 4.68. The highest BCUT2D eigenvalue weighted by molar-refractivity contribution is 7.17. The minimum absolute atomic E-state index is 0.303. The number of hydrogen-bond acceptors (Lipinski definition) is 6. The molecule has 108 valence electrons. The van der Waals surface area contributed by atoms with E-state index in [1.807, 2.05) is 0 Å². The molecular formula is C14H20N4OS. The molecule has 0 radical (unpaired) electrons. The fourth-order valence-electron chi connectivity index (χ4n) is 2.63. The normalized spacial score (nSPS) is 16.9. The minimum Gasteiger partial charge on any atom is -0.396 e. The van der Waals surface area contributed by atoms with Crippen molar-refractivity contribution in [2.45, 2.75) is 12.8 Å². The lowest BCUT2D eigenvalue weighted by atomic mass is 10.2. The van der Waals surface area contributed by atoms with Crippen molar-refractivity contribution in [3.8, 4) is 0 Å². The third kappa shape index (κ3) is 2.92. The summed E-state index contributed by atoms with van der Waals surface area (Å²) in [4.78, 5) is 13.6. The molecule has 0 bridgehead atoms. The first-order valence-corrected chi connectivity index (χ1v) is 8.03. The molecule has 2 aromatic heterocycles. The van der Waals surface area contributed by atoms with Gasteiger partial charge in [-0.3, -0.25) is 4.90 Å². The Labute approximate surface area is 122 Å². The van der Waals surface area contributed by atoms with Gasteiger partial charge in [0, 0.05) is 32.8 Å². The molecule has 3 rings (SSSR count). The lowest BCUT2D eigenvalue weighted by Crippen LogP contribution is -2.47. The molecular weight excluding hydrogens is 272 g/mol. The van der Waals surface area contributed by atoms with Crippen molar-refractivity contribution in [3.05, 3.63) is 17.8 Å². The Hall–Kier alpha value is -1.24. The number of thiophene rings is 1. The highest BCUT2D eigenvalue weighted by Gasteiger charge is 2.19. The minimum atomic E-state index is 0.303. The van der Waals surface area contributed by atoms with Crippen LogP contribution in [0.25, 0.3) is 10.2 Å². The number of unbranched alkanes of at least 4 members (excludes halogenated alkanes) is 1. The van der Waals surface area contributed by atoms with Crippen molar-refractivity contribution in [3.63, 3.8) is 0 Å². The van der Waals surface area contributed by atoms with E-state index >= 15 is 0 Å². The molecule has 6 heteroatoms. The van der Waals surface area contributed by atoms with E-state index < -0.39 is 0 Å². The largest absolute Gasteiger partial charge is 0.396 e. The molecule has 0 atom stereocenters. The predicted octanol–water partition coefficient (Wildman–Crippen LogP) is 1.59. The summed E-state index contributed by atoms with van der Waals surface area (Å²) < 4.78 is 1.20. The summed E-state index contributed by atoms with van der Waals surface area (Å²) >= 11 is 1.72. The second kappa shape index (κ2) is 6.47. The summed E-state index contributed by atoms with van der Waals surface area (Å²) in [6.45, 7) is 5.57. The highest BCUT2D eigenvalue weighted by Crippen LogP contribution is 2.28. The van der Waals surface area contributed by atoms with Gasteiger partial charge >= 0.3 is 0 Å². The van der Waals surface area contributed by atoms with Gasteiger partial charge in [-0.1, -0.05) is 0 Å². The van der Waals surface area contributed by atoms with Crippen LogP contribution in [0.3, 0.4) is 0 Å². The zero-order chi connectivity index (χ0) is 13.8. The van der Waals surface area contributed by atoms with E-state index in [9.17, 15) is 0 Å². The summed E-state index contributed by atoms with van der Waals surface area (Å²) in [5, 5.41) is 10.9. The Morgan fingerprint density at radius 1 is 1.15 bits per heavy atom. The van der Waals surface area contributed by atoms with E-state index in [1.54, 1.807) is 17.7 Å². The van der Waals surface area contributed by atoms with Crippen molar-refractivity contribution < 1.29 is 5.11 Å². The Balaban J connectivity index is 1.62. The van der Waals surface area contributed by atoms with Crippen molar-refractivity contribution in [2.24, 2.45) is 0 Å². The number of rotatable bonds is 5. The van der Waals surface area contributed by atoms with Crippen LogP contribution in [-0.2, 0) is 0 Å². The molecule has 1 N–H and O–H groups in total. The van der Waals surface area contributed by atoms with E-state index in [1.165, 1.54) is 4.70 Å². The van der Waals surface area contributed by atoms with Crippen molar-refractivity contribution in [1.29, 1.82) is 0 Å². The van der Waals surface area contributed by atoms with E-state index in [-0.39, 0.29) is 0 Å². The fraction of sp³-hybridized carbons (Fsp3) is 0.571. The monoisotopic (exact) mass is 292 g/mol. The molecule has 1 aliphatic heterocycles. The molecule has 1 saturated heterocycles. The maximum atomic E-state index is 8.83. The predicted molar refractivity (Wildman–Crippen MR) is 82.4 cm³/mol. The zero-order valence-corrected chi connectivity index (χ0v) is 12.3. The second-order valence-electron chi connectivity index (χ2n) is 5.09.